The van der Waals surface area contributed by atoms with E-state index in [4.69, 9.17) is 9.47 Å². The van der Waals surface area contributed by atoms with Crippen LogP contribution >= 0.6 is 0 Å². The van der Waals surface area contributed by atoms with Gasteiger partial charge in [-0.2, -0.15) is 0 Å². The maximum atomic E-state index is 12.4. The molecule has 0 radical (unpaired) electrons. The lowest BCUT2D eigenvalue weighted by Crippen LogP contribution is -2.54. The Hall–Kier alpha value is -3.29. The summed E-state index contributed by atoms with van der Waals surface area (Å²) in [4.78, 5) is 28.3. The molecule has 2 aromatic rings. The first-order valence-electron chi connectivity index (χ1n) is 8.45. The minimum Gasteiger partial charge on any atom is -0.505 e. The second-order valence-electron chi connectivity index (χ2n) is 6.61. The summed E-state index contributed by atoms with van der Waals surface area (Å²) in [5.41, 5.74) is 0.0774. The predicted octanol–water partition coefficient (Wildman–Crippen LogP) is 1.48. The number of ether oxygens (including phenoxy) is 2. The third-order valence-electron chi connectivity index (χ3n) is 4.18. The van der Waals surface area contributed by atoms with Gasteiger partial charge in [-0.3, -0.25) is 9.59 Å². The molecule has 1 aromatic carbocycles. The van der Waals surface area contributed by atoms with Crippen LogP contribution in [-0.2, 0) is 4.79 Å². The van der Waals surface area contributed by atoms with E-state index in [1.807, 2.05) is 6.07 Å². The zero-order valence-electron chi connectivity index (χ0n) is 15.3. The second kappa shape index (κ2) is 7.14. The van der Waals surface area contributed by atoms with Crippen molar-refractivity contribution in [1.82, 2.24) is 15.6 Å². The first-order chi connectivity index (χ1) is 12.8. The lowest BCUT2D eigenvalue weighted by Gasteiger charge is -2.24. The lowest BCUT2D eigenvalue weighted by atomic mass is 10.0. The number of aromatic hydroxyl groups is 1. The maximum absolute atomic E-state index is 12.4. The molecule has 3 rings (SSSR count). The Bertz CT molecular complexity index is 895. The molecule has 142 valence electrons. The van der Waals surface area contributed by atoms with Gasteiger partial charge in [-0.25, -0.2) is 4.98 Å². The first kappa shape index (κ1) is 18.5. The van der Waals surface area contributed by atoms with E-state index >= 15 is 0 Å². The minimum atomic E-state index is -1.14. The van der Waals surface area contributed by atoms with Crippen LogP contribution in [0.2, 0.25) is 0 Å². The summed E-state index contributed by atoms with van der Waals surface area (Å²) in [5.74, 6) is -0.00680. The van der Waals surface area contributed by atoms with Crippen molar-refractivity contribution in [3.05, 3.63) is 36.2 Å². The van der Waals surface area contributed by atoms with Crippen LogP contribution in [0.5, 0.6) is 17.2 Å². The summed E-state index contributed by atoms with van der Waals surface area (Å²) < 4.78 is 11.0. The molecule has 0 saturated carbocycles. The third-order valence-corrected chi connectivity index (χ3v) is 4.18. The van der Waals surface area contributed by atoms with Gasteiger partial charge in [0, 0.05) is 18.8 Å². The molecule has 0 bridgehead atoms. The molecule has 0 saturated heterocycles. The molecule has 1 aliphatic heterocycles. The number of hydrogen-bond donors (Lipinski definition) is 3. The number of carbonyl (C=O) groups excluding carboxylic acids is 2. The molecule has 27 heavy (non-hydrogen) atoms. The Labute approximate surface area is 156 Å². The average Bonchev–Trinajstić information content (AvgIpc) is 2.66. The van der Waals surface area contributed by atoms with Gasteiger partial charge in [0.05, 0.1) is 0 Å². The van der Waals surface area contributed by atoms with Crippen molar-refractivity contribution in [3.63, 3.8) is 0 Å². The highest BCUT2D eigenvalue weighted by molar-refractivity contribution is 5.99. The molecule has 2 heterocycles. The van der Waals surface area contributed by atoms with Crippen LogP contribution in [0.1, 0.15) is 24.3 Å². The van der Waals surface area contributed by atoms with Gasteiger partial charge in [0.15, 0.2) is 17.2 Å². The SMILES string of the molecule is CNC(=O)C(C)(C)NC(=O)c1ncc(-c2ccc3c(c2)OCCO3)cc1O. The lowest BCUT2D eigenvalue weighted by molar-refractivity contribution is -0.125. The molecule has 0 fully saturated rings. The fourth-order valence-corrected chi connectivity index (χ4v) is 2.72. The van der Waals surface area contributed by atoms with E-state index in [0.717, 1.165) is 5.56 Å². The van der Waals surface area contributed by atoms with Gasteiger partial charge >= 0.3 is 0 Å². The molecule has 0 unspecified atom stereocenters. The fraction of sp³-hybridized carbons (Fsp3) is 0.316. The standard InChI is InChI=1S/C19H21N3O5/c1-19(2,18(25)20-3)22-17(24)16-13(23)8-12(10-21-16)11-4-5-14-15(9-11)27-7-6-26-14/h4-5,8-10,23H,6-7H2,1-3H3,(H,20,25)(H,22,24). The van der Waals surface area contributed by atoms with E-state index in [0.29, 0.717) is 30.3 Å². The van der Waals surface area contributed by atoms with Crippen LogP contribution in [0.3, 0.4) is 0 Å². The fourth-order valence-electron chi connectivity index (χ4n) is 2.72. The number of nitrogens with one attached hydrogen (secondary N) is 2. The maximum Gasteiger partial charge on any atom is 0.274 e. The smallest absolute Gasteiger partial charge is 0.274 e. The number of fused-ring (bicyclic) bond motifs is 1. The first-order valence-corrected chi connectivity index (χ1v) is 8.45. The van der Waals surface area contributed by atoms with Crippen molar-refractivity contribution < 1.29 is 24.2 Å². The molecule has 2 amide bonds. The summed E-state index contributed by atoms with van der Waals surface area (Å²) >= 11 is 0. The zero-order chi connectivity index (χ0) is 19.6. The van der Waals surface area contributed by atoms with Gasteiger partial charge in [0.2, 0.25) is 5.91 Å². The molecule has 0 aliphatic carbocycles. The normalized spacial score (nSPS) is 13.0. The van der Waals surface area contributed by atoms with Gasteiger partial charge in [0.25, 0.3) is 5.91 Å². The number of benzene rings is 1. The number of pyridine rings is 1. The Balaban J connectivity index is 1.84. The van der Waals surface area contributed by atoms with Gasteiger partial charge in [-0.1, -0.05) is 6.07 Å². The van der Waals surface area contributed by atoms with E-state index in [9.17, 15) is 14.7 Å². The third kappa shape index (κ3) is 3.79. The molecule has 1 aromatic heterocycles. The molecule has 0 spiro atoms. The monoisotopic (exact) mass is 371 g/mol. The minimum absolute atomic E-state index is 0.159. The highest BCUT2D eigenvalue weighted by atomic mass is 16.6. The van der Waals surface area contributed by atoms with E-state index in [-0.39, 0.29) is 17.4 Å². The average molecular weight is 371 g/mol. The van der Waals surface area contributed by atoms with Crippen molar-refractivity contribution in [1.29, 1.82) is 0 Å². The van der Waals surface area contributed by atoms with E-state index in [1.165, 1.54) is 19.3 Å². The highest BCUT2D eigenvalue weighted by Gasteiger charge is 2.30. The van der Waals surface area contributed by atoms with Crippen LogP contribution in [-0.4, -0.2) is 47.7 Å². The number of hydrogen-bond acceptors (Lipinski definition) is 6. The summed E-state index contributed by atoms with van der Waals surface area (Å²) in [7, 11) is 1.48. The van der Waals surface area contributed by atoms with Crippen LogP contribution in [0.15, 0.2) is 30.5 Å². The molecule has 1 aliphatic rings. The van der Waals surface area contributed by atoms with Crippen LogP contribution in [0.4, 0.5) is 0 Å². The molecular formula is C19H21N3O5. The van der Waals surface area contributed by atoms with Gasteiger partial charge in [-0.05, 0) is 37.6 Å². The summed E-state index contributed by atoms with van der Waals surface area (Å²) in [5, 5.41) is 15.3. The van der Waals surface area contributed by atoms with Gasteiger partial charge in [-0.15, -0.1) is 0 Å². The van der Waals surface area contributed by atoms with Crippen molar-refractivity contribution in [2.75, 3.05) is 20.3 Å². The summed E-state index contributed by atoms with van der Waals surface area (Å²) in [6, 6.07) is 6.84. The van der Waals surface area contributed by atoms with Crippen molar-refractivity contribution in [2.24, 2.45) is 0 Å². The number of likely N-dealkylation sites (N-methyl/N-ethyl adjacent to an activating group) is 1. The Kier molecular flexibility index (Phi) is 4.89. The Morgan fingerprint density at radius 3 is 2.48 bits per heavy atom. The van der Waals surface area contributed by atoms with E-state index in [1.54, 1.807) is 26.0 Å². The van der Waals surface area contributed by atoms with E-state index < -0.39 is 11.4 Å². The number of carbonyl (C=O) groups is 2. The van der Waals surface area contributed by atoms with Crippen molar-refractivity contribution in [2.45, 2.75) is 19.4 Å². The van der Waals surface area contributed by atoms with Crippen molar-refractivity contribution in [3.8, 4) is 28.4 Å². The predicted molar refractivity (Wildman–Crippen MR) is 97.9 cm³/mol. The van der Waals surface area contributed by atoms with Crippen molar-refractivity contribution >= 4 is 11.8 Å². The molecule has 0 atom stereocenters. The van der Waals surface area contributed by atoms with Crippen LogP contribution in [0.25, 0.3) is 11.1 Å². The van der Waals surface area contributed by atoms with Crippen LogP contribution in [0, 0.1) is 0 Å². The van der Waals surface area contributed by atoms with Gasteiger partial charge in [0.1, 0.15) is 24.5 Å². The Morgan fingerprint density at radius 2 is 1.81 bits per heavy atom. The largest absolute Gasteiger partial charge is 0.505 e. The van der Waals surface area contributed by atoms with Crippen LogP contribution < -0.4 is 20.1 Å². The second-order valence-corrected chi connectivity index (χ2v) is 6.61. The Morgan fingerprint density at radius 1 is 1.11 bits per heavy atom. The number of rotatable bonds is 4. The topological polar surface area (TPSA) is 110 Å². The molecule has 3 N–H and O–H groups in total. The number of aromatic nitrogens is 1. The molecule has 8 nitrogen and oxygen atoms in total. The quantitative estimate of drug-likeness (QED) is 0.751. The zero-order valence-corrected chi connectivity index (χ0v) is 15.3. The molecular weight excluding hydrogens is 350 g/mol. The van der Waals surface area contributed by atoms with Gasteiger partial charge < -0.3 is 25.2 Å². The molecule has 8 heteroatoms. The number of nitrogens with zero attached hydrogens (tertiary/aromatic N) is 1. The summed E-state index contributed by atoms with van der Waals surface area (Å²) in [6.45, 7) is 4.10. The number of amides is 2. The summed E-state index contributed by atoms with van der Waals surface area (Å²) in [6.07, 6.45) is 1.48. The highest BCUT2D eigenvalue weighted by Crippen LogP contribution is 2.35. The van der Waals surface area contributed by atoms with E-state index in [2.05, 4.69) is 15.6 Å².